The number of nitrogens with one attached hydrogen (secondary N) is 1. The number of carbonyl (C=O) groups is 1. The number of rotatable bonds is 5. The van der Waals surface area contributed by atoms with Crippen molar-refractivity contribution >= 4 is 5.91 Å². The Bertz CT molecular complexity index is 932. The fourth-order valence-electron chi connectivity index (χ4n) is 4.40. The molecule has 1 amide bonds. The number of pyridine rings is 1. The van der Waals surface area contributed by atoms with Gasteiger partial charge in [-0.25, -0.2) is 4.39 Å². The Balaban J connectivity index is 1.54. The van der Waals surface area contributed by atoms with Crippen molar-refractivity contribution in [3.63, 3.8) is 0 Å². The highest BCUT2D eigenvalue weighted by Gasteiger charge is 2.44. The van der Waals surface area contributed by atoms with E-state index in [-0.39, 0.29) is 23.3 Å². The van der Waals surface area contributed by atoms with E-state index in [1.807, 2.05) is 19.2 Å². The van der Waals surface area contributed by atoms with Gasteiger partial charge in [0.1, 0.15) is 11.6 Å². The summed E-state index contributed by atoms with van der Waals surface area (Å²) in [6, 6.07) is 8.75. The highest BCUT2D eigenvalue weighted by Crippen LogP contribution is 2.39. The first-order valence-corrected chi connectivity index (χ1v) is 10.8. The molecule has 0 aliphatic carbocycles. The SMILES string of the molecule is CC(C)COc1ccc(F)c(-c2ccnc([C@H]3CC[C@@]4(CCN(C)C(=O)C4)N3)c2)c1. The molecule has 2 atom stereocenters. The molecule has 3 heterocycles. The molecule has 2 fully saturated rings. The summed E-state index contributed by atoms with van der Waals surface area (Å²) >= 11 is 0. The van der Waals surface area contributed by atoms with Crippen LogP contribution in [0.25, 0.3) is 11.1 Å². The Kier molecular flexibility index (Phi) is 5.78. The van der Waals surface area contributed by atoms with Gasteiger partial charge in [0.2, 0.25) is 5.91 Å². The van der Waals surface area contributed by atoms with Crippen molar-refractivity contribution in [1.82, 2.24) is 15.2 Å². The van der Waals surface area contributed by atoms with E-state index < -0.39 is 0 Å². The predicted octanol–water partition coefficient (Wildman–Crippen LogP) is 4.34. The molecule has 6 heteroatoms. The molecule has 4 rings (SSSR count). The largest absolute Gasteiger partial charge is 0.493 e. The summed E-state index contributed by atoms with van der Waals surface area (Å²) in [6.45, 7) is 5.53. The van der Waals surface area contributed by atoms with E-state index in [4.69, 9.17) is 4.74 Å². The maximum atomic E-state index is 14.6. The number of nitrogens with zero attached hydrogens (tertiary/aromatic N) is 2. The monoisotopic (exact) mass is 411 g/mol. The Morgan fingerprint density at radius 1 is 1.30 bits per heavy atom. The molecule has 2 aliphatic rings. The first-order valence-electron chi connectivity index (χ1n) is 10.8. The molecular weight excluding hydrogens is 381 g/mol. The third-order valence-electron chi connectivity index (χ3n) is 6.20. The summed E-state index contributed by atoms with van der Waals surface area (Å²) in [5, 5.41) is 3.68. The standard InChI is InChI=1S/C24H30FN3O2/c1-16(2)15-30-18-4-5-20(25)19(13-18)17-7-10-26-22(12-17)21-6-8-24(27-21)9-11-28(3)23(29)14-24/h4-5,7,10,12-13,16,21,27H,6,8-9,11,14-15H2,1-3H3/t21-,24+/m1/s1. The van der Waals surface area contributed by atoms with Crippen molar-refractivity contribution in [1.29, 1.82) is 0 Å². The zero-order chi connectivity index (χ0) is 21.3. The Morgan fingerprint density at radius 3 is 2.90 bits per heavy atom. The average Bonchev–Trinajstić information content (AvgIpc) is 3.14. The van der Waals surface area contributed by atoms with Gasteiger partial charge in [-0.05, 0) is 61.1 Å². The van der Waals surface area contributed by atoms with Crippen LogP contribution in [0, 0.1) is 11.7 Å². The number of carbonyl (C=O) groups excluding carboxylic acids is 1. The van der Waals surface area contributed by atoms with Crippen LogP contribution in [0.3, 0.4) is 0 Å². The number of piperidine rings is 1. The third kappa shape index (κ3) is 4.33. The minimum absolute atomic E-state index is 0.0737. The fourth-order valence-corrected chi connectivity index (χ4v) is 4.40. The van der Waals surface area contributed by atoms with Crippen LogP contribution in [0.1, 0.15) is 51.3 Å². The van der Waals surface area contributed by atoms with Crippen LogP contribution < -0.4 is 10.1 Å². The Labute approximate surface area is 177 Å². The number of hydrogen-bond donors (Lipinski definition) is 1. The van der Waals surface area contributed by atoms with Gasteiger partial charge in [-0.15, -0.1) is 0 Å². The number of halogens is 1. The first-order chi connectivity index (χ1) is 14.3. The number of amides is 1. The molecule has 2 aliphatic heterocycles. The van der Waals surface area contributed by atoms with Gasteiger partial charge in [0, 0.05) is 43.4 Å². The van der Waals surface area contributed by atoms with Crippen LogP contribution in [-0.4, -0.2) is 41.5 Å². The molecule has 0 unspecified atom stereocenters. The highest BCUT2D eigenvalue weighted by molar-refractivity contribution is 5.78. The molecule has 2 aromatic rings. The van der Waals surface area contributed by atoms with E-state index in [1.54, 1.807) is 23.2 Å². The zero-order valence-electron chi connectivity index (χ0n) is 18.0. The number of ether oxygens (including phenoxy) is 1. The molecule has 5 nitrogen and oxygen atoms in total. The lowest BCUT2D eigenvalue weighted by Gasteiger charge is -2.38. The summed E-state index contributed by atoms with van der Waals surface area (Å²) in [6.07, 6.45) is 5.10. The molecule has 2 saturated heterocycles. The first kappa shape index (κ1) is 20.8. The number of aromatic nitrogens is 1. The van der Waals surface area contributed by atoms with E-state index in [0.717, 1.165) is 37.1 Å². The highest BCUT2D eigenvalue weighted by atomic mass is 19.1. The number of hydrogen-bond acceptors (Lipinski definition) is 4. The molecule has 0 radical (unpaired) electrons. The Hall–Kier alpha value is -2.47. The maximum Gasteiger partial charge on any atom is 0.224 e. The minimum atomic E-state index is -0.277. The lowest BCUT2D eigenvalue weighted by Crippen LogP contribution is -2.51. The summed E-state index contributed by atoms with van der Waals surface area (Å²) in [7, 11) is 1.86. The second-order valence-electron chi connectivity index (χ2n) is 9.07. The van der Waals surface area contributed by atoms with Crippen LogP contribution >= 0.6 is 0 Å². The average molecular weight is 412 g/mol. The molecular formula is C24H30FN3O2. The van der Waals surface area contributed by atoms with Crippen LogP contribution in [0.5, 0.6) is 5.75 Å². The second kappa shape index (κ2) is 8.34. The van der Waals surface area contributed by atoms with Gasteiger partial charge in [0.15, 0.2) is 0 Å². The topological polar surface area (TPSA) is 54.5 Å². The van der Waals surface area contributed by atoms with Crippen molar-refractivity contribution in [3.05, 3.63) is 48.0 Å². The van der Waals surface area contributed by atoms with Crippen molar-refractivity contribution in [2.24, 2.45) is 5.92 Å². The van der Waals surface area contributed by atoms with E-state index in [9.17, 15) is 9.18 Å². The summed E-state index contributed by atoms with van der Waals surface area (Å²) in [5.41, 5.74) is 2.06. The quantitative estimate of drug-likeness (QED) is 0.795. The van der Waals surface area contributed by atoms with E-state index in [1.165, 1.54) is 6.07 Å². The smallest absolute Gasteiger partial charge is 0.224 e. The van der Waals surface area contributed by atoms with Gasteiger partial charge in [0.05, 0.1) is 12.3 Å². The molecule has 1 N–H and O–H groups in total. The molecule has 1 spiro atoms. The van der Waals surface area contributed by atoms with Gasteiger partial charge < -0.3 is 15.0 Å². The van der Waals surface area contributed by atoms with E-state index >= 15 is 0 Å². The lowest BCUT2D eigenvalue weighted by atomic mass is 9.86. The molecule has 0 bridgehead atoms. The lowest BCUT2D eigenvalue weighted by molar-refractivity contribution is -0.134. The predicted molar refractivity (Wildman–Crippen MR) is 115 cm³/mol. The van der Waals surface area contributed by atoms with Crippen LogP contribution in [0.2, 0.25) is 0 Å². The van der Waals surface area contributed by atoms with Crippen LogP contribution in [-0.2, 0) is 4.79 Å². The van der Waals surface area contributed by atoms with Crippen LogP contribution in [0.4, 0.5) is 4.39 Å². The number of likely N-dealkylation sites (tertiary alicyclic amines) is 1. The molecule has 0 saturated carbocycles. The second-order valence-corrected chi connectivity index (χ2v) is 9.07. The molecule has 30 heavy (non-hydrogen) atoms. The van der Waals surface area contributed by atoms with Crippen molar-refractivity contribution in [3.8, 4) is 16.9 Å². The van der Waals surface area contributed by atoms with Gasteiger partial charge >= 0.3 is 0 Å². The van der Waals surface area contributed by atoms with E-state index in [2.05, 4.69) is 24.1 Å². The zero-order valence-corrected chi connectivity index (χ0v) is 18.0. The van der Waals surface area contributed by atoms with Gasteiger partial charge in [-0.3, -0.25) is 9.78 Å². The van der Waals surface area contributed by atoms with Crippen molar-refractivity contribution in [2.75, 3.05) is 20.2 Å². The van der Waals surface area contributed by atoms with Crippen LogP contribution in [0.15, 0.2) is 36.5 Å². The van der Waals surface area contributed by atoms with Gasteiger partial charge in [-0.2, -0.15) is 0 Å². The molecule has 160 valence electrons. The van der Waals surface area contributed by atoms with Gasteiger partial charge in [-0.1, -0.05) is 13.8 Å². The third-order valence-corrected chi connectivity index (χ3v) is 6.20. The maximum absolute atomic E-state index is 14.6. The van der Waals surface area contributed by atoms with Gasteiger partial charge in [0.25, 0.3) is 0 Å². The fraction of sp³-hybridized carbons (Fsp3) is 0.500. The van der Waals surface area contributed by atoms with Crippen molar-refractivity contribution < 1.29 is 13.9 Å². The molecule has 1 aromatic carbocycles. The normalized spacial score (nSPS) is 24.1. The Morgan fingerprint density at radius 2 is 2.13 bits per heavy atom. The van der Waals surface area contributed by atoms with E-state index in [0.29, 0.717) is 30.3 Å². The molecule has 1 aromatic heterocycles. The number of benzene rings is 1. The summed E-state index contributed by atoms with van der Waals surface area (Å²) in [5.74, 6) is 0.983. The van der Waals surface area contributed by atoms with Crippen molar-refractivity contribution in [2.45, 2.75) is 51.1 Å². The minimum Gasteiger partial charge on any atom is -0.493 e. The summed E-state index contributed by atoms with van der Waals surface area (Å²) < 4.78 is 20.4. The summed E-state index contributed by atoms with van der Waals surface area (Å²) in [4.78, 5) is 18.6.